The van der Waals surface area contributed by atoms with Crippen LogP contribution in [0.4, 0.5) is 5.82 Å². The Morgan fingerprint density at radius 2 is 2.00 bits per heavy atom. The smallest absolute Gasteiger partial charge is 0.358 e. The van der Waals surface area contributed by atoms with Gasteiger partial charge in [-0.15, -0.1) is 10.2 Å². The summed E-state index contributed by atoms with van der Waals surface area (Å²) in [6, 6.07) is 10.8. The Morgan fingerprint density at radius 1 is 1.25 bits per heavy atom. The highest BCUT2D eigenvalue weighted by Gasteiger charge is 2.11. The van der Waals surface area contributed by atoms with Crippen LogP contribution in [0, 0.1) is 0 Å². The normalized spacial score (nSPS) is 11.8. The van der Waals surface area contributed by atoms with E-state index in [-0.39, 0.29) is 11.7 Å². The second kappa shape index (κ2) is 6.34. The predicted octanol–water partition coefficient (Wildman–Crippen LogP) is 3.09. The lowest BCUT2D eigenvalue weighted by Gasteiger charge is -2.15. The van der Waals surface area contributed by atoms with E-state index in [1.54, 1.807) is 12.1 Å². The second-order valence-electron chi connectivity index (χ2n) is 4.18. The topological polar surface area (TPSA) is 64.1 Å². The van der Waals surface area contributed by atoms with Crippen LogP contribution in [0.3, 0.4) is 0 Å². The molecule has 0 aliphatic rings. The van der Waals surface area contributed by atoms with E-state index in [1.165, 1.54) is 7.11 Å². The van der Waals surface area contributed by atoms with Crippen molar-refractivity contribution in [2.45, 2.75) is 13.0 Å². The van der Waals surface area contributed by atoms with E-state index in [4.69, 9.17) is 11.6 Å². The fourth-order valence-corrected chi connectivity index (χ4v) is 2.05. The molecule has 5 nitrogen and oxygen atoms in total. The Labute approximate surface area is 121 Å². The fraction of sp³-hybridized carbons (Fsp3) is 0.214. The van der Waals surface area contributed by atoms with Gasteiger partial charge in [-0.2, -0.15) is 0 Å². The number of benzene rings is 1. The lowest BCUT2D eigenvalue weighted by molar-refractivity contribution is 0.0593. The van der Waals surface area contributed by atoms with E-state index < -0.39 is 5.97 Å². The van der Waals surface area contributed by atoms with Crippen molar-refractivity contribution in [1.82, 2.24) is 10.2 Å². The van der Waals surface area contributed by atoms with Crippen LogP contribution < -0.4 is 5.32 Å². The lowest BCUT2D eigenvalue weighted by atomic mass is 10.1. The van der Waals surface area contributed by atoms with Crippen LogP contribution in [-0.2, 0) is 4.74 Å². The summed E-state index contributed by atoms with van der Waals surface area (Å²) < 4.78 is 4.56. The third-order valence-corrected chi connectivity index (χ3v) is 3.14. The van der Waals surface area contributed by atoms with Crippen LogP contribution in [0.5, 0.6) is 0 Å². The zero-order valence-electron chi connectivity index (χ0n) is 11.1. The number of nitrogens with one attached hydrogen (secondary N) is 1. The molecule has 0 saturated heterocycles. The zero-order valence-corrected chi connectivity index (χ0v) is 11.9. The van der Waals surface area contributed by atoms with Crippen molar-refractivity contribution < 1.29 is 9.53 Å². The number of nitrogens with zero attached hydrogens (tertiary/aromatic N) is 2. The summed E-state index contributed by atoms with van der Waals surface area (Å²) >= 11 is 6.13. The third-order valence-electron chi connectivity index (χ3n) is 2.80. The summed E-state index contributed by atoms with van der Waals surface area (Å²) in [5, 5.41) is 11.6. The number of rotatable bonds is 4. The number of methoxy groups -OCH3 is 1. The Morgan fingerprint density at radius 3 is 2.60 bits per heavy atom. The van der Waals surface area contributed by atoms with Gasteiger partial charge in [0.15, 0.2) is 5.69 Å². The summed E-state index contributed by atoms with van der Waals surface area (Å²) in [6.07, 6.45) is 0. The van der Waals surface area contributed by atoms with E-state index in [2.05, 4.69) is 20.3 Å². The molecular formula is C14H14ClN3O2. The third kappa shape index (κ3) is 3.24. The number of carbonyl (C=O) groups excluding carboxylic acids is 1. The summed E-state index contributed by atoms with van der Waals surface area (Å²) in [7, 11) is 1.30. The molecule has 104 valence electrons. The van der Waals surface area contributed by atoms with Crippen molar-refractivity contribution in [1.29, 1.82) is 0 Å². The average Bonchev–Trinajstić information content (AvgIpc) is 2.47. The van der Waals surface area contributed by atoms with Gasteiger partial charge in [-0.1, -0.05) is 29.8 Å². The van der Waals surface area contributed by atoms with Crippen LogP contribution in [0.2, 0.25) is 5.02 Å². The Balaban J connectivity index is 2.10. The summed E-state index contributed by atoms with van der Waals surface area (Å²) in [4.78, 5) is 11.3. The van der Waals surface area contributed by atoms with Gasteiger partial charge < -0.3 is 10.1 Å². The quantitative estimate of drug-likeness (QED) is 0.877. The molecule has 0 amide bonds. The van der Waals surface area contributed by atoms with Gasteiger partial charge in [-0.3, -0.25) is 0 Å². The molecule has 2 aromatic rings. The molecule has 0 radical (unpaired) electrons. The highest BCUT2D eigenvalue weighted by atomic mass is 35.5. The molecule has 0 aliphatic carbocycles. The average molecular weight is 292 g/mol. The largest absolute Gasteiger partial charge is 0.464 e. The predicted molar refractivity (Wildman–Crippen MR) is 76.9 cm³/mol. The van der Waals surface area contributed by atoms with E-state index in [0.29, 0.717) is 10.8 Å². The molecule has 1 N–H and O–H groups in total. The van der Waals surface area contributed by atoms with E-state index >= 15 is 0 Å². The number of hydrogen-bond acceptors (Lipinski definition) is 5. The summed E-state index contributed by atoms with van der Waals surface area (Å²) in [5.74, 6) is 0.0493. The first-order valence-corrected chi connectivity index (χ1v) is 6.42. The molecular weight excluding hydrogens is 278 g/mol. The molecule has 1 unspecified atom stereocenters. The summed E-state index contributed by atoms with van der Waals surface area (Å²) in [5.41, 5.74) is 1.14. The lowest BCUT2D eigenvalue weighted by Crippen LogP contribution is -2.11. The molecule has 0 bridgehead atoms. The van der Waals surface area contributed by atoms with Crippen molar-refractivity contribution in [2.75, 3.05) is 12.4 Å². The van der Waals surface area contributed by atoms with Crippen molar-refractivity contribution in [3.05, 3.63) is 52.7 Å². The second-order valence-corrected chi connectivity index (χ2v) is 4.59. The van der Waals surface area contributed by atoms with Gasteiger partial charge in [0.2, 0.25) is 0 Å². The maximum Gasteiger partial charge on any atom is 0.358 e. The Kier molecular flexibility index (Phi) is 4.53. The van der Waals surface area contributed by atoms with Crippen molar-refractivity contribution in [2.24, 2.45) is 0 Å². The maximum absolute atomic E-state index is 11.3. The van der Waals surface area contributed by atoms with Gasteiger partial charge in [0.1, 0.15) is 5.82 Å². The van der Waals surface area contributed by atoms with Crippen LogP contribution in [0.25, 0.3) is 0 Å². The highest BCUT2D eigenvalue weighted by molar-refractivity contribution is 6.31. The molecule has 6 heteroatoms. The fourth-order valence-electron chi connectivity index (χ4n) is 1.75. The molecule has 1 atom stereocenters. The van der Waals surface area contributed by atoms with Crippen LogP contribution >= 0.6 is 11.6 Å². The SMILES string of the molecule is COC(=O)c1ccc(NC(C)c2ccccc2Cl)nn1. The summed E-state index contributed by atoms with van der Waals surface area (Å²) in [6.45, 7) is 1.97. The monoisotopic (exact) mass is 291 g/mol. The zero-order chi connectivity index (χ0) is 14.5. The van der Waals surface area contributed by atoms with Gasteiger partial charge in [0.05, 0.1) is 13.2 Å². The van der Waals surface area contributed by atoms with Gasteiger partial charge >= 0.3 is 5.97 Å². The van der Waals surface area contributed by atoms with Gasteiger partial charge in [0.25, 0.3) is 0 Å². The number of hydrogen-bond donors (Lipinski definition) is 1. The van der Waals surface area contributed by atoms with Crippen LogP contribution in [0.15, 0.2) is 36.4 Å². The van der Waals surface area contributed by atoms with Gasteiger partial charge in [0, 0.05) is 5.02 Å². The van der Waals surface area contributed by atoms with Crippen molar-refractivity contribution >= 4 is 23.4 Å². The van der Waals surface area contributed by atoms with Crippen LogP contribution in [0.1, 0.15) is 29.0 Å². The highest BCUT2D eigenvalue weighted by Crippen LogP contribution is 2.24. The number of halogens is 1. The van der Waals surface area contributed by atoms with E-state index in [9.17, 15) is 4.79 Å². The maximum atomic E-state index is 11.3. The number of esters is 1. The first-order valence-electron chi connectivity index (χ1n) is 6.05. The molecule has 20 heavy (non-hydrogen) atoms. The minimum absolute atomic E-state index is 0.0259. The molecule has 1 aromatic carbocycles. The molecule has 0 spiro atoms. The van der Waals surface area contributed by atoms with Crippen molar-refractivity contribution in [3.63, 3.8) is 0 Å². The number of carbonyl (C=O) groups is 1. The molecule has 0 saturated carbocycles. The van der Waals surface area contributed by atoms with E-state index in [1.807, 2.05) is 31.2 Å². The van der Waals surface area contributed by atoms with Gasteiger partial charge in [-0.05, 0) is 30.7 Å². The number of anilines is 1. The van der Waals surface area contributed by atoms with Gasteiger partial charge in [-0.25, -0.2) is 4.79 Å². The Hall–Kier alpha value is -2.14. The first-order chi connectivity index (χ1) is 9.61. The molecule has 0 fully saturated rings. The molecule has 2 rings (SSSR count). The minimum Gasteiger partial charge on any atom is -0.464 e. The molecule has 1 aromatic heterocycles. The molecule has 1 heterocycles. The standard InChI is InChI=1S/C14H14ClN3O2/c1-9(10-5-3-4-6-11(10)15)16-13-8-7-12(17-18-13)14(19)20-2/h3-9H,1-2H3,(H,16,18). The number of aromatic nitrogens is 2. The van der Waals surface area contributed by atoms with Crippen LogP contribution in [-0.4, -0.2) is 23.3 Å². The first kappa shape index (κ1) is 14.3. The minimum atomic E-state index is -0.511. The number of ether oxygens (including phenoxy) is 1. The van der Waals surface area contributed by atoms with Crippen molar-refractivity contribution in [3.8, 4) is 0 Å². The molecule has 0 aliphatic heterocycles. The van der Waals surface area contributed by atoms with E-state index in [0.717, 1.165) is 5.56 Å². The Bertz CT molecular complexity index is 602.